The van der Waals surface area contributed by atoms with E-state index in [1.54, 1.807) is 7.11 Å². The number of rotatable bonds is 6. The Bertz CT molecular complexity index is 690. The molecular formula is C21H26N2O2. The average molecular weight is 338 g/mol. The van der Waals surface area contributed by atoms with Gasteiger partial charge in [0.1, 0.15) is 0 Å². The number of likely N-dealkylation sites (N-methyl/N-ethyl adjacent to an activating group) is 1. The van der Waals surface area contributed by atoms with Crippen molar-refractivity contribution >= 4 is 5.91 Å². The highest BCUT2D eigenvalue weighted by Gasteiger charge is 2.43. The zero-order valence-electron chi connectivity index (χ0n) is 15.1. The summed E-state index contributed by atoms with van der Waals surface area (Å²) in [6.45, 7) is 3.48. The van der Waals surface area contributed by atoms with Gasteiger partial charge in [-0.05, 0) is 25.1 Å². The largest absolute Gasteiger partial charge is 0.370 e. The first-order valence-electron chi connectivity index (χ1n) is 8.74. The van der Waals surface area contributed by atoms with Crippen molar-refractivity contribution in [1.29, 1.82) is 0 Å². The average Bonchev–Trinajstić information content (AvgIpc) is 2.97. The highest BCUT2D eigenvalue weighted by atomic mass is 16.5. The predicted octanol–water partition coefficient (Wildman–Crippen LogP) is 3.11. The molecule has 2 aromatic carbocycles. The molecule has 0 aromatic heterocycles. The minimum atomic E-state index is -0.417. The molecule has 1 aliphatic rings. The Labute approximate surface area is 150 Å². The molecule has 1 saturated heterocycles. The Balaban J connectivity index is 1.75. The van der Waals surface area contributed by atoms with E-state index in [0.29, 0.717) is 13.1 Å². The first-order valence-corrected chi connectivity index (χ1v) is 8.74. The van der Waals surface area contributed by atoms with Crippen molar-refractivity contribution in [2.45, 2.75) is 31.7 Å². The Morgan fingerprint density at radius 1 is 1.12 bits per heavy atom. The third kappa shape index (κ3) is 3.75. The van der Waals surface area contributed by atoms with Crippen molar-refractivity contribution in [2.24, 2.45) is 0 Å². The molecule has 0 aliphatic carbocycles. The highest BCUT2D eigenvalue weighted by Crippen LogP contribution is 2.28. The van der Waals surface area contributed by atoms with Crippen LogP contribution in [0, 0.1) is 0 Å². The van der Waals surface area contributed by atoms with Gasteiger partial charge in [0.2, 0.25) is 0 Å². The molecule has 25 heavy (non-hydrogen) atoms. The molecule has 1 heterocycles. The van der Waals surface area contributed by atoms with Gasteiger partial charge in [0, 0.05) is 26.2 Å². The smallest absolute Gasteiger partial charge is 0.253 e. The molecule has 0 spiro atoms. The van der Waals surface area contributed by atoms with Crippen molar-refractivity contribution in [3.8, 4) is 0 Å². The van der Waals surface area contributed by atoms with Gasteiger partial charge in [0.15, 0.2) is 6.10 Å². The first kappa shape index (κ1) is 17.6. The molecule has 1 amide bonds. The van der Waals surface area contributed by atoms with Gasteiger partial charge in [0.05, 0.1) is 6.04 Å². The standard InChI is InChI=1S/C21H26N2O2/c1-16(18-12-8-5-9-13-18)22(2)19-15-23(21(24)20(19)25-3)14-17-10-6-4-7-11-17/h4-13,16,19-20H,14-15H2,1-3H3/t16-,19-,20-/m0/s1. The van der Waals surface area contributed by atoms with E-state index in [0.717, 1.165) is 5.56 Å². The van der Waals surface area contributed by atoms with E-state index in [1.807, 2.05) is 29.2 Å². The van der Waals surface area contributed by atoms with Crippen LogP contribution in [0.4, 0.5) is 0 Å². The lowest BCUT2D eigenvalue weighted by Gasteiger charge is -2.32. The number of benzene rings is 2. The van der Waals surface area contributed by atoms with E-state index in [1.165, 1.54) is 5.56 Å². The van der Waals surface area contributed by atoms with Crippen molar-refractivity contribution in [2.75, 3.05) is 20.7 Å². The minimum Gasteiger partial charge on any atom is -0.370 e. The summed E-state index contributed by atoms with van der Waals surface area (Å²) in [5.74, 6) is 0.0727. The normalized spacial score (nSPS) is 21.8. The van der Waals surface area contributed by atoms with Gasteiger partial charge >= 0.3 is 0 Å². The molecule has 132 valence electrons. The number of hydrogen-bond acceptors (Lipinski definition) is 3. The Kier molecular flexibility index (Phi) is 5.51. The topological polar surface area (TPSA) is 32.8 Å². The molecule has 0 unspecified atom stereocenters. The third-order valence-electron chi connectivity index (χ3n) is 5.20. The van der Waals surface area contributed by atoms with Crippen LogP contribution in [0.1, 0.15) is 24.1 Å². The summed E-state index contributed by atoms with van der Waals surface area (Å²) in [7, 11) is 3.70. The molecule has 4 heteroatoms. The fourth-order valence-electron chi connectivity index (χ4n) is 3.56. The maximum atomic E-state index is 12.8. The van der Waals surface area contributed by atoms with Crippen LogP contribution in [0.15, 0.2) is 60.7 Å². The highest BCUT2D eigenvalue weighted by molar-refractivity contribution is 5.84. The van der Waals surface area contributed by atoms with Gasteiger partial charge in [-0.3, -0.25) is 9.69 Å². The lowest BCUT2D eigenvalue weighted by Crippen LogP contribution is -2.43. The van der Waals surface area contributed by atoms with Crippen molar-refractivity contribution < 1.29 is 9.53 Å². The molecule has 4 nitrogen and oxygen atoms in total. The second-order valence-electron chi connectivity index (χ2n) is 6.68. The summed E-state index contributed by atoms with van der Waals surface area (Å²) >= 11 is 0. The van der Waals surface area contributed by atoms with Crippen LogP contribution in [0.2, 0.25) is 0 Å². The van der Waals surface area contributed by atoms with E-state index in [2.05, 4.69) is 55.3 Å². The van der Waals surface area contributed by atoms with Crippen molar-refractivity contribution in [1.82, 2.24) is 9.80 Å². The zero-order valence-corrected chi connectivity index (χ0v) is 15.1. The SMILES string of the molecule is CO[C@@H]1C(=O)N(Cc2ccccc2)C[C@@H]1N(C)[C@@H](C)c1ccccc1. The van der Waals surface area contributed by atoms with E-state index in [4.69, 9.17) is 4.74 Å². The molecule has 0 radical (unpaired) electrons. The number of methoxy groups -OCH3 is 1. The van der Waals surface area contributed by atoms with Gasteiger partial charge < -0.3 is 9.64 Å². The fraction of sp³-hybridized carbons (Fsp3) is 0.381. The number of amides is 1. The first-order chi connectivity index (χ1) is 12.1. The van der Waals surface area contributed by atoms with Crippen LogP contribution in [0.5, 0.6) is 0 Å². The Morgan fingerprint density at radius 3 is 2.32 bits per heavy atom. The van der Waals surface area contributed by atoms with Crippen LogP contribution in [-0.2, 0) is 16.1 Å². The number of carbonyl (C=O) groups is 1. The summed E-state index contributed by atoms with van der Waals surface area (Å²) < 4.78 is 5.58. The molecular weight excluding hydrogens is 312 g/mol. The van der Waals surface area contributed by atoms with Crippen LogP contribution in [-0.4, -0.2) is 48.6 Å². The molecule has 0 saturated carbocycles. The minimum absolute atomic E-state index is 0.0384. The van der Waals surface area contributed by atoms with Crippen LogP contribution >= 0.6 is 0 Å². The molecule has 0 N–H and O–H groups in total. The number of likely N-dealkylation sites (tertiary alicyclic amines) is 1. The summed E-state index contributed by atoms with van der Waals surface area (Å²) in [6.07, 6.45) is -0.417. The van der Waals surface area contributed by atoms with Gasteiger partial charge in [-0.1, -0.05) is 60.7 Å². The molecule has 3 rings (SSSR count). The number of ether oxygens (including phenoxy) is 1. The molecule has 2 aromatic rings. The monoisotopic (exact) mass is 338 g/mol. The predicted molar refractivity (Wildman–Crippen MR) is 99.1 cm³/mol. The lowest BCUT2D eigenvalue weighted by molar-refractivity contribution is -0.137. The van der Waals surface area contributed by atoms with Crippen LogP contribution < -0.4 is 0 Å². The Hall–Kier alpha value is -2.17. The second-order valence-corrected chi connectivity index (χ2v) is 6.68. The van der Waals surface area contributed by atoms with Gasteiger partial charge in [0.25, 0.3) is 5.91 Å². The number of nitrogens with zero attached hydrogens (tertiary/aromatic N) is 2. The van der Waals surface area contributed by atoms with Crippen molar-refractivity contribution in [3.63, 3.8) is 0 Å². The number of hydrogen-bond donors (Lipinski definition) is 0. The molecule has 3 atom stereocenters. The second kappa shape index (κ2) is 7.81. The number of carbonyl (C=O) groups excluding carboxylic acids is 1. The van der Waals surface area contributed by atoms with Gasteiger partial charge in [-0.15, -0.1) is 0 Å². The van der Waals surface area contributed by atoms with E-state index in [9.17, 15) is 4.79 Å². The Morgan fingerprint density at radius 2 is 1.72 bits per heavy atom. The van der Waals surface area contributed by atoms with Crippen molar-refractivity contribution in [3.05, 3.63) is 71.8 Å². The van der Waals surface area contributed by atoms with Crippen LogP contribution in [0.25, 0.3) is 0 Å². The van der Waals surface area contributed by atoms with E-state index >= 15 is 0 Å². The van der Waals surface area contributed by atoms with Gasteiger partial charge in [-0.25, -0.2) is 0 Å². The summed E-state index contributed by atoms with van der Waals surface area (Å²) in [6, 6.07) is 20.7. The van der Waals surface area contributed by atoms with Crippen LogP contribution in [0.3, 0.4) is 0 Å². The molecule has 1 aliphatic heterocycles. The van der Waals surface area contributed by atoms with Gasteiger partial charge in [-0.2, -0.15) is 0 Å². The summed E-state index contributed by atoms with van der Waals surface area (Å²) in [5, 5.41) is 0. The molecule has 0 bridgehead atoms. The quantitative estimate of drug-likeness (QED) is 0.811. The maximum absolute atomic E-state index is 12.8. The van der Waals surface area contributed by atoms with E-state index < -0.39 is 6.10 Å². The fourth-order valence-corrected chi connectivity index (χ4v) is 3.56. The zero-order chi connectivity index (χ0) is 17.8. The maximum Gasteiger partial charge on any atom is 0.253 e. The summed E-state index contributed by atoms with van der Waals surface area (Å²) in [4.78, 5) is 17.0. The third-order valence-corrected chi connectivity index (χ3v) is 5.20. The molecule has 1 fully saturated rings. The summed E-state index contributed by atoms with van der Waals surface area (Å²) in [5.41, 5.74) is 2.39. The lowest BCUT2D eigenvalue weighted by atomic mass is 10.0. The van der Waals surface area contributed by atoms with E-state index in [-0.39, 0.29) is 18.0 Å².